The Morgan fingerprint density at radius 2 is 2.17 bits per heavy atom. The van der Waals surface area contributed by atoms with Gasteiger partial charge in [-0.25, -0.2) is 4.98 Å². The molecule has 0 aliphatic heterocycles. The fourth-order valence-electron chi connectivity index (χ4n) is 1.90. The molecule has 4 nitrogen and oxygen atoms in total. The Morgan fingerprint density at radius 1 is 1.33 bits per heavy atom. The summed E-state index contributed by atoms with van der Waals surface area (Å²) in [5.41, 5.74) is 5.50. The predicted octanol–water partition coefficient (Wildman–Crippen LogP) is 2.87. The Kier molecular flexibility index (Phi) is 3.99. The Hall–Kier alpha value is -1.81. The molecule has 0 atom stereocenters. The molecule has 1 heterocycles. The van der Waals surface area contributed by atoms with Gasteiger partial charge in [0.05, 0.1) is 12.3 Å². The molecule has 0 unspecified atom stereocenters. The van der Waals surface area contributed by atoms with Crippen LogP contribution in [0.15, 0.2) is 24.3 Å². The fourth-order valence-corrected chi connectivity index (χ4v) is 1.90. The van der Waals surface area contributed by atoms with Gasteiger partial charge in [-0.05, 0) is 25.0 Å². The minimum atomic E-state index is 0.697. The van der Waals surface area contributed by atoms with Crippen molar-refractivity contribution >= 4 is 16.6 Å². The van der Waals surface area contributed by atoms with E-state index in [1.54, 1.807) is 0 Å². The van der Waals surface area contributed by atoms with Crippen LogP contribution in [0.2, 0.25) is 0 Å². The molecule has 18 heavy (non-hydrogen) atoms. The summed E-state index contributed by atoms with van der Waals surface area (Å²) in [5, 5.41) is 0.989. The highest BCUT2D eigenvalue weighted by atomic mass is 16.5. The maximum atomic E-state index is 5.74. The largest absolute Gasteiger partial charge is 0.491 e. The summed E-state index contributed by atoms with van der Waals surface area (Å²) in [4.78, 5) is 4.63. The highest BCUT2D eigenvalue weighted by molar-refractivity contribution is 5.94. The van der Waals surface area contributed by atoms with Crippen LogP contribution in [0.4, 0.5) is 5.69 Å². The van der Waals surface area contributed by atoms with Crippen molar-refractivity contribution in [2.24, 2.45) is 5.84 Å². The number of benzene rings is 1. The van der Waals surface area contributed by atoms with Crippen LogP contribution in [0.1, 0.15) is 26.0 Å². The number of nitrogen functional groups attached to an aromatic ring is 1. The van der Waals surface area contributed by atoms with Crippen molar-refractivity contribution in [1.82, 2.24) is 4.98 Å². The molecule has 1 aromatic carbocycles. The van der Waals surface area contributed by atoms with E-state index in [0.717, 1.165) is 40.9 Å². The highest BCUT2D eigenvalue weighted by Gasteiger charge is 2.08. The van der Waals surface area contributed by atoms with Crippen molar-refractivity contribution in [2.45, 2.75) is 26.7 Å². The number of nitrogens with two attached hydrogens (primary N) is 1. The zero-order valence-corrected chi connectivity index (χ0v) is 10.9. The minimum absolute atomic E-state index is 0.697. The van der Waals surface area contributed by atoms with Gasteiger partial charge in [-0.3, -0.25) is 5.84 Å². The second-order valence-electron chi connectivity index (χ2n) is 4.16. The Morgan fingerprint density at radius 3 is 2.83 bits per heavy atom. The third-order valence-electron chi connectivity index (χ3n) is 2.83. The van der Waals surface area contributed by atoms with Crippen LogP contribution in [0.5, 0.6) is 5.75 Å². The van der Waals surface area contributed by atoms with E-state index in [4.69, 9.17) is 10.6 Å². The second-order valence-corrected chi connectivity index (χ2v) is 4.16. The lowest BCUT2D eigenvalue weighted by Gasteiger charge is -2.12. The second kappa shape index (κ2) is 5.69. The topological polar surface area (TPSA) is 60.2 Å². The molecule has 0 aliphatic carbocycles. The van der Waals surface area contributed by atoms with Crippen LogP contribution in [0.25, 0.3) is 10.9 Å². The van der Waals surface area contributed by atoms with E-state index in [-0.39, 0.29) is 0 Å². The molecule has 0 bridgehead atoms. The molecule has 0 saturated heterocycles. The Bertz CT molecular complexity index is 540. The highest BCUT2D eigenvalue weighted by Crippen LogP contribution is 2.29. The van der Waals surface area contributed by atoms with Crippen LogP contribution < -0.4 is 16.0 Å². The lowest BCUT2D eigenvalue weighted by Crippen LogP contribution is -2.08. The number of hydrazine groups is 1. The van der Waals surface area contributed by atoms with Crippen LogP contribution in [0.3, 0.4) is 0 Å². The normalized spacial score (nSPS) is 10.6. The minimum Gasteiger partial charge on any atom is -0.491 e. The first-order valence-electron chi connectivity index (χ1n) is 6.32. The van der Waals surface area contributed by atoms with Gasteiger partial charge in [0, 0.05) is 11.1 Å². The monoisotopic (exact) mass is 245 g/mol. The lowest BCUT2D eigenvalue weighted by atomic mass is 10.1. The summed E-state index contributed by atoms with van der Waals surface area (Å²) in [6, 6.07) is 7.88. The van der Waals surface area contributed by atoms with E-state index in [1.807, 2.05) is 24.3 Å². The first kappa shape index (κ1) is 12.6. The van der Waals surface area contributed by atoms with E-state index in [0.29, 0.717) is 6.61 Å². The average molecular weight is 245 g/mol. The molecule has 0 spiro atoms. The van der Waals surface area contributed by atoms with E-state index in [2.05, 4.69) is 24.3 Å². The van der Waals surface area contributed by atoms with Gasteiger partial charge >= 0.3 is 0 Å². The van der Waals surface area contributed by atoms with Gasteiger partial charge < -0.3 is 10.2 Å². The quantitative estimate of drug-likeness (QED) is 0.628. The molecule has 4 heteroatoms. The molecule has 0 fully saturated rings. The van der Waals surface area contributed by atoms with Gasteiger partial charge in [0.15, 0.2) is 0 Å². The van der Waals surface area contributed by atoms with Crippen molar-refractivity contribution in [3.05, 3.63) is 30.0 Å². The molecule has 2 aromatic rings. The van der Waals surface area contributed by atoms with Crippen LogP contribution >= 0.6 is 0 Å². The van der Waals surface area contributed by atoms with E-state index >= 15 is 0 Å². The van der Waals surface area contributed by atoms with Crippen molar-refractivity contribution < 1.29 is 4.74 Å². The predicted molar refractivity (Wildman–Crippen MR) is 74.7 cm³/mol. The number of aromatic nitrogens is 1. The smallest absolute Gasteiger partial charge is 0.145 e. The van der Waals surface area contributed by atoms with E-state index < -0.39 is 0 Å². The standard InChI is InChI=1S/C14H19N3O/c1-3-8-18-13-7-5-6-11-12(17-15)9-10(4-2)16-14(11)13/h5-7,9H,3-4,8,15H2,1-2H3,(H,16,17). The summed E-state index contributed by atoms with van der Waals surface area (Å²) in [6.45, 7) is 4.86. The third kappa shape index (κ3) is 2.38. The zero-order chi connectivity index (χ0) is 13.0. The number of rotatable bonds is 5. The summed E-state index contributed by atoms with van der Waals surface area (Å²) >= 11 is 0. The number of nitrogens with zero attached hydrogens (tertiary/aromatic N) is 1. The maximum Gasteiger partial charge on any atom is 0.145 e. The molecule has 96 valence electrons. The van der Waals surface area contributed by atoms with Gasteiger partial charge in [-0.15, -0.1) is 0 Å². The number of fused-ring (bicyclic) bond motifs is 1. The molecule has 0 aliphatic rings. The van der Waals surface area contributed by atoms with Crippen LogP contribution in [-0.2, 0) is 6.42 Å². The number of aryl methyl sites for hydroxylation is 1. The molecule has 3 N–H and O–H groups in total. The molecule has 1 aromatic heterocycles. The van der Waals surface area contributed by atoms with Crippen molar-refractivity contribution in [3.8, 4) is 5.75 Å². The third-order valence-corrected chi connectivity index (χ3v) is 2.83. The fraction of sp³-hybridized carbons (Fsp3) is 0.357. The average Bonchev–Trinajstić information content (AvgIpc) is 2.43. The molecule has 2 rings (SSSR count). The first-order valence-corrected chi connectivity index (χ1v) is 6.32. The molecule has 0 radical (unpaired) electrons. The van der Waals surface area contributed by atoms with Gasteiger partial charge in [0.1, 0.15) is 11.3 Å². The summed E-state index contributed by atoms with van der Waals surface area (Å²) in [5.74, 6) is 6.39. The molecular formula is C14H19N3O. The maximum absolute atomic E-state index is 5.74. The zero-order valence-electron chi connectivity index (χ0n) is 10.9. The number of pyridine rings is 1. The Balaban J connectivity index is 2.58. The number of anilines is 1. The van der Waals surface area contributed by atoms with Gasteiger partial charge in [0.25, 0.3) is 0 Å². The number of para-hydroxylation sites is 1. The van der Waals surface area contributed by atoms with Gasteiger partial charge in [-0.2, -0.15) is 0 Å². The SMILES string of the molecule is CCCOc1cccc2c(NN)cc(CC)nc12. The van der Waals surface area contributed by atoms with Crippen molar-refractivity contribution in [3.63, 3.8) is 0 Å². The lowest BCUT2D eigenvalue weighted by molar-refractivity contribution is 0.320. The Labute approximate surface area is 107 Å². The number of nitrogens with one attached hydrogen (secondary N) is 1. The summed E-state index contributed by atoms with van der Waals surface area (Å²) < 4.78 is 5.74. The molecule has 0 amide bonds. The van der Waals surface area contributed by atoms with Gasteiger partial charge in [0.2, 0.25) is 0 Å². The van der Waals surface area contributed by atoms with E-state index in [1.165, 1.54) is 0 Å². The molecule has 0 saturated carbocycles. The summed E-state index contributed by atoms with van der Waals surface area (Å²) in [7, 11) is 0. The number of hydrogen-bond acceptors (Lipinski definition) is 4. The van der Waals surface area contributed by atoms with Gasteiger partial charge in [-0.1, -0.05) is 26.0 Å². The van der Waals surface area contributed by atoms with E-state index in [9.17, 15) is 0 Å². The molecular weight excluding hydrogens is 226 g/mol. The number of hydrogen-bond donors (Lipinski definition) is 2. The van der Waals surface area contributed by atoms with Crippen molar-refractivity contribution in [1.29, 1.82) is 0 Å². The van der Waals surface area contributed by atoms with Crippen LogP contribution in [0, 0.1) is 0 Å². The number of ether oxygens (including phenoxy) is 1. The first-order chi connectivity index (χ1) is 8.80. The van der Waals surface area contributed by atoms with Crippen molar-refractivity contribution in [2.75, 3.05) is 12.0 Å². The summed E-state index contributed by atoms with van der Waals surface area (Å²) in [6.07, 6.45) is 1.85. The van der Waals surface area contributed by atoms with Crippen LogP contribution in [-0.4, -0.2) is 11.6 Å².